The lowest BCUT2D eigenvalue weighted by atomic mass is 9.97. The Morgan fingerprint density at radius 1 is 1.20 bits per heavy atom. The molecule has 0 saturated carbocycles. The second-order valence-electron chi connectivity index (χ2n) is 9.07. The van der Waals surface area contributed by atoms with Gasteiger partial charge in [0.1, 0.15) is 0 Å². The smallest absolute Gasteiger partial charge is 0.305 e. The van der Waals surface area contributed by atoms with E-state index in [-0.39, 0.29) is 11.1 Å². The lowest BCUT2D eigenvalue weighted by Gasteiger charge is -2.18. The first-order chi connectivity index (χ1) is 11.7. The summed E-state index contributed by atoms with van der Waals surface area (Å²) in [6, 6.07) is 4.17. The fourth-order valence-corrected chi connectivity index (χ4v) is 4.40. The molecule has 0 N–H and O–H groups in total. The van der Waals surface area contributed by atoms with Gasteiger partial charge in [-0.2, -0.15) is 0 Å². The molecule has 3 heterocycles. The topological polar surface area (TPSA) is 43.1 Å². The van der Waals surface area contributed by atoms with Gasteiger partial charge in [0.2, 0.25) is 0 Å². The number of rotatable bonds is 2. The molecule has 1 saturated heterocycles. The maximum absolute atomic E-state index is 12.7. The summed E-state index contributed by atoms with van der Waals surface area (Å²) in [5.41, 5.74) is 4.18. The summed E-state index contributed by atoms with van der Waals surface area (Å²) in [6.45, 7) is 9.48. The predicted molar refractivity (Wildman–Crippen MR) is 102 cm³/mol. The number of hydrogen-bond acceptors (Lipinski definition) is 3. The van der Waals surface area contributed by atoms with E-state index in [9.17, 15) is 4.79 Å². The molecule has 134 valence electrons. The monoisotopic (exact) mass is 340 g/mol. The number of aromatic nitrogens is 3. The fourth-order valence-electron chi connectivity index (χ4n) is 4.40. The van der Waals surface area contributed by atoms with Crippen LogP contribution >= 0.6 is 0 Å². The number of aryl methyl sites for hydroxylation is 1. The van der Waals surface area contributed by atoms with Gasteiger partial charge in [0, 0.05) is 26.7 Å². The number of hydrogen-bond donors (Lipinski definition) is 0. The Morgan fingerprint density at radius 3 is 2.64 bits per heavy atom. The number of nitrogens with zero attached hydrogens (tertiary/aromatic N) is 4. The largest absolute Gasteiger partial charge is 0.330 e. The van der Waals surface area contributed by atoms with Crippen molar-refractivity contribution in [3.63, 3.8) is 0 Å². The van der Waals surface area contributed by atoms with Gasteiger partial charge in [0.15, 0.2) is 5.65 Å². The van der Waals surface area contributed by atoms with E-state index >= 15 is 0 Å². The van der Waals surface area contributed by atoms with Crippen molar-refractivity contribution in [1.82, 2.24) is 19.0 Å². The van der Waals surface area contributed by atoms with Crippen LogP contribution in [0, 0.1) is 17.3 Å². The van der Waals surface area contributed by atoms with Crippen molar-refractivity contribution >= 4 is 16.7 Å². The Bertz CT molecular complexity index is 912. The second-order valence-corrected chi connectivity index (χ2v) is 9.07. The van der Waals surface area contributed by atoms with Crippen LogP contribution in [0.25, 0.3) is 16.7 Å². The molecule has 0 aromatic carbocycles. The van der Waals surface area contributed by atoms with Crippen molar-refractivity contribution < 1.29 is 0 Å². The van der Waals surface area contributed by atoms with E-state index in [4.69, 9.17) is 4.98 Å². The zero-order valence-corrected chi connectivity index (χ0v) is 15.9. The van der Waals surface area contributed by atoms with Crippen molar-refractivity contribution in [2.24, 2.45) is 24.3 Å². The molecule has 5 heteroatoms. The third-order valence-corrected chi connectivity index (χ3v) is 5.51. The average molecular weight is 340 g/mol. The molecule has 0 bridgehead atoms. The minimum atomic E-state index is 0.0217. The number of fused-ring (bicyclic) bond motifs is 2. The first kappa shape index (κ1) is 16.6. The molecule has 0 spiro atoms. The Hall–Kier alpha value is -1.88. The van der Waals surface area contributed by atoms with Gasteiger partial charge in [-0.3, -0.25) is 9.13 Å². The van der Waals surface area contributed by atoms with Crippen LogP contribution in [0.1, 0.15) is 32.9 Å². The molecule has 2 aliphatic rings. The highest BCUT2D eigenvalue weighted by Crippen LogP contribution is 2.40. The van der Waals surface area contributed by atoms with Crippen LogP contribution in [0.3, 0.4) is 0 Å². The van der Waals surface area contributed by atoms with Crippen molar-refractivity contribution in [2.45, 2.75) is 33.7 Å². The normalized spacial score (nSPS) is 24.1. The molecule has 1 aliphatic carbocycles. The maximum atomic E-state index is 12.7. The summed E-state index contributed by atoms with van der Waals surface area (Å²) >= 11 is 0. The molecule has 5 nitrogen and oxygen atoms in total. The van der Waals surface area contributed by atoms with Gasteiger partial charge in [0.25, 0.3) is 0 Å². The van der Waals surface area contributed by atoms with Crippen LogP contribution < -0.4 is 5.69 Å². The van der Waals surface area contributed by atoms with E-state index in [1.165, 1.54) is 12.1 Å². The Balaban J connectivity index is 1.74. The molecule has 1 aliphatic heterocycles. The van der Waals surface area contributed by atoms with Crippen LogP contribution in [-0.2, 0) is 13.6 Å². The van der Waals surface area contributed by atoms with Gasteiger partial charge in [-0.1, -0.05) is 26.8 Å². The second kappa shape index (κ2) is 5.56. The predicted octanol–water partition coefficient (Wildman–Crippen LogP) is 2.75. The Labute approximate surface area is 149 Å². The van der Waals surface area contributed by atoms with Crippen LogP contribution in [0.15, 0.2) is 23.0 Å². The zero-order valence-electron chi connectivity index (χ0n) is 15.9. The third-order valence-electron chi connectivity index (χ3n) is 5.51. The Morgan fingerprint density at radius 2 is 1.96 bits per heavy atom. The summed E-state index contributed by atoms with van der Waals surface area (Å²) < 4.78 is 3.55. The van der Waals surface area contributed by atoms with Gasteiger partial charge in [-0.25, -0.2) is 9.78 Å². The maximum Gasteiger partial charge on any atom is 0.330 e. The third kappa shape index (κ3) is 2.84. The molecule has 25 heavy (non-hydrogen) atoms. The number of allylic oxidation sites excluding steroid dienone is 1. The van der Waals surface area contributed by atoms with Gasteiger partial charge in [0.05, 0.1) is 11.2 Å². The summed E-state index contributed by atoms with van der Waals surface area (Å²) in [4.78, 5) is 19.9. The quantitative estimate of drug-likeness (QED) is 0.844. The zero-order chi connectivity index (χ0) is 17.9. The first-order valence-corrected chi connectivity index (χ1v) is 9.19. The highest BCUT2D eigenvalue weighted by molar-refractivity contribution is 5.76. The number of likely N-dealkylation sites (tertiary alicyclic amines) is 1. The molecule has 2 unspecified atom stereocenters. The molecule has 2 aromatic rings. The van der Waals surface area contributed by atoms with Crippen LogP contribution in [-0.4, -0.2) is 39.2 Å². The van der Waals surface area contributed by atoms with Crippen molar-refractivity contribution in [1.29, 1.82) is 0 Å². The summed E-state index contributed by atoms with van der Waals surface area (Å²) in [7, 11) is 4.02. The van der Waals surface area contributed by atoms with Crippen LogP contribution in [0.4, 0.5) is 0 Å². The highest BCUT2D eigenvalue weighted by Gasteiger charge is 2.35. The minimum absolute atomic E-state index is 0.0217. The molecule has 0 radical (unpaired) electrons. The van der Waals surface area contributed by atoms with Gasteiger partial charge < -0.3 is 4.90 Å². The summed E-state index contributed by atoms with van der Waals surface area (Å²) in [5, 5.41) is 0. The highest BCUT2D eigenvalue weighted by atomic mass is 16.1. The van der Waals surface area contributed by atoms with Gasteiger partial charge >= 0.3 is 5.69 Å². The molecule has 1 fully saturated rings. The lowest BCUT2D eigenvalue weighted by Crippen LogP contribution is -2.27. The summed E-state index contributed by atoms with van der Waals surface area (Å²) in [6.07, 6.45) is 3.51. The molecular weight excluding hydrogens is 312 g/mol. The average Bonchev–Trinajstić information content (AvgIpc) is 3.12. The van der Waals surface area contributed by atoms with Crippen molar-refractivity contribution in [3.05, 3.63) is 34.4 Å². The number of imidazole rings is 1. The van der Waals surface area contributed by atoms with E-state index in [1.54, 1.807) is 4.57 Å². The van der Waals surface area contributed by atoms with Gasteiger partial charge in [-0.05, 0) is 48.4 Å². The Kier molecular flexibility index (Phi) is 3.69. The molecular formula is C20H28N4O. The van der Waals surface area contributed by atoms with Crippen molar-refractivity contribution in [2.75, 3.05) is 20.1 Å². The standard InChI is InChI=1S/C20H28N4O/c1-20(2,3)12-24-17-7-6-16(21-18(17)23(5)19(24)25)13-8-14-10-22(4)11-15(14)9-13/h6-8,14-15H,9-12H2,1-5H3. The van der Waals surface area contributed by atoms with E-state index in [0.29, 0.717) is 12.5 Å². The molecule has 2 atom stereocenters. The summed E-state index contributed by atoms with van der Waals surface area (Å²) in [5.74, 6) is 1.39. The fraction of sp³-hybridized carbons (Fsp3) is 0.600. The lowest BCUT2D eigenvalue weighted by molar-refractivity contribution is 0.342. The number of pyridine rings is 1. The van der Waals surface area contributed by atoms with E-state index in [0.717, 1.165) is 35.7 Å². The van der Waals surface area contributed by atoms with E-state index < -0.39 is 0 Å². The van der Waals surface area contributed by atoms with Crippen molar-refractivity contribution in [3.8, 4) is 0 Å². The van der Waals surface area contributed by atoms with E-state index in [2.05, 4.69) is 50.9 Å². The molecule has 4 rings (SSSR count). The van der Waals surface area contributed by atoms with Crippen LogP contribution in [0.5, 0.6) is 0 Å². The minimum Gasteiger partial charge on any atom is -0.305 e. The van der Waals surface area contributed by atoms with E-state index in [1.807, 2.05) is 11.6 Å². The molecule has 2 aromatic heterocycles. The molecule has 0 amide bonds. The van der Waals surface area contributed by atoms with Crippen LogP contribution in [0.2, 0.25) is 0 Å². The van der Waals surface area contributed by atoms with Gasteiger partial charge in [-0.15, -0.1) is 0 Å². The SMILES string of the molecule is CN1CC2C=C(c3ccc4c(n3)n(C)c(=O)n4CC(C)(C)C)CC2C1. The first-order valence-electron chi connectivity index (χ1n) is 9.19.